The molecule has 27 heavy (non-hydrogen) atoms. The second-order valence-corrected chi connectivity index (χ2v) is 7.94. The fourth-order valence-corrected chi connectivity index (χ4v) is 3.55. The zero-order valence-electron chi connectivity index (χ0n) is 17.2. The van der Waals surface area contributed by atoms with Gasteiger partial charge in [-0.15, -0.1) is 24.8 Å². The fraction of sp³-hybridized carbons (Fsp3) is 0.650. The van der Waals surface area contributed by atoms with Crippen LogP contribution in [0.1, 0.15) is 44.4 Å². The highest BCUT2D eigenvalue weighted by Crippen LogP contribution is 2.49. The minimum Gasteiger partial charge on any atom is -0.378 e. The van der Waals surface area contributed by atoms with E-state index in [4.69, 9.17) is 10.5 Å². The molecule has 3 N–H and O–H groups in total. The van der Waals surface area contributed by atoms with E-state index < -0.39 is 5.54 Å². The highest BCUT2D eigenvalue weighted by Gasteiger charge is 2.62. The van der Waals surface area contributed by atoms with E-state index in [-0.39, 0.29) is 48.3 Å². The number of nitrogens with two attached hydrogens (primary N) is 1. The largest absolute Gasteiger partial charge is 0.378 e. The van der Waals surface area contributed by atoms with Gasteiger partial charge in [0.15, 0.2) is 0 Å². The summed E-state index contributed by atoms with van der Waals surface area (Å²) in [4.78, 5) is 14.9. The second-order valence-electron chi connectivity index (χ2n) is 7.94. The summed E-state index contributed by atoms with van der Waals surface area (Å²) < 4.78 is 5.71. The Bertz CT molecular complexity index is 608. The van der Waals surface area contributed by atoms with Crippen LogP contribution < -0.4 is 11.1 Å². The Labute approximate surface area is 176 Å². The third-order valence-corrected chi connectivity index (χ3v) is 5.78. The van der Waals surface area contributed by atoms with Crippen molar-refractivity contribution in [1.82, 2.24) is 10.2 Å². The van der Waals surface area contributed by atoms with Gasteiger partial charge in [0.2, 0.25) is 5.91 Å². The van der Waals surface area contributed by atoms with Crippen molar-refractivity contribution in [3.8, 4) is 0 Å². The van der Waals surface area contributed by atoms with Crippen molar-refractivity contribution in [1.29, 1.82) is 0 Å². The van der Waals surface area contributed by atoms with E-state index in [0.29, 0.717) is 19.6 Å². The summed E-state index contributed by atoms with van der Waals surface area (Å²) in [6.07, 6.45) is 0.603. The van der Waals surface area contributed by atoms with Gasteiger partial charge in [-0.2, -0.15) is 0 Å². The van der Waals surface area contributed by atoms with Gasteiger partial charge in [-0.25, -0.2) is 0 Å². The molecule has 2 rings (SSSR count). The highest BCUT2D eigenvalue weighted by molar-refractivity contribution is 5.88. The topological polar surface area (TPSA) is 67.6 Å². The minimum atomic E-state index is -0.878. The number of nitrogens with one attached hydrogen (secondary N) is 1. The molecule has 3 unspecified atom stereocenters. The first-order valence-corrected chi connectivity index (χ1v) is 9.05. The molecule has 1 aliphatic rings. The first-order chi connectivity index (χ1) is 11.6. The summed E-state index contributed by atoms with van der Waals surface area (Å²) in [6.45, 7) is 9.24. The lowest BCUT2D eigenvalue weighted by atomic mass is 9.54. The van der Waals surface area contributed by atoms with Crippen molar-refractivity contribution in [3.05, 3.63) is 35.4 Å². The molecule has 0 heterocycles. The lowest BCUT2D eigenvalue weighted by Gasteiger charge is -2.57. The Morgan fingerprint density at radius 2 is 1.85 bits per heavy atom. The first kappa shape index (κ1) is 26.1. The van der Waals surface area contributed by atoms with Crippen LogP contribution in [0.25, 0.3) is 0 Å². The maximum Gasteiger partial charge on any atom is 0.240 e. The van der Waals surface area contributed by atoms with Crippen LogP contribution in [0.3, 0.4) is 0 Å². The maximum atomic E-state index is 12.8. The van der Waals surface area contributed by atoms with Gasteiger partial charge in [-0.05, 0) is 33.5 Å². The molecule has 7 heteroatoms. The lowest BCUT2D eigenvalue weighted by Crippen LogP contribution is -2.76. The lowest BCUT2D eigenvalue weighted by molar-refractivity contribution is -0.170. The standard InChI is InChI=1S/C20H33N3O2.2ClH/c1-7-25-17-12-20(21,19(17,3)4)18(24)22-13-16(23(5)6)15-10-8-14(2)9-11-15;;/h8-11,16-17H,7,12-13,21H2,1-6H3,(H,22,24);2*1H. The summed E-state index contributed by atoms with van der Waals surface area (Å²) in [5, 5.41) is 3.08. The molecule has 0 radical (unpaired) electrons. The molecule has 1 saturated carbocycles. The average Bonchev–Trinajstić information content (AvgIpc) is 2.55. The Morgan fingerprint density at radius 3 is 2.30 bits per heavy atom. The van der Waals surface area contributed by atoms with Crippen molar-refractivity contribution < 1.29 is 9.53 Å². The normalized spacial score (nSPS) is 24.2. The zero-order chi connectivity index (χ0) is 18.8. The molecule has 1 aromatic rings. The van der Waals surface area contributed by atoms with Crippen molar-refractivity contribution in [2.75, 3.05) is 27.2 Å². The molecular weight excluding hydrogens is 385 g/mol. The van der Waals surface area contributed by atoms with Crippen LogP contribution in [-0.4, -0.2) is 49.7 Å². The smallest absolute Gasteiger partial charge is 0.240 e. The number of carbonyl (C=O) groups excluding carboxylic acids is 1. The minimum absolute atomic E-state index is 0. The first-order valence-electron chi connectivity index (χ1n) is 9.05. The van der Waals surface area contributed by atoms with Gasteiger partial charge in [0.25, 0.3) is 0 Å². The summed E-state index contributed by atoms with van der Waals surface area (Å²) in [5.74, 6) is -0.0904. The number of amides is 1. The van der Waals surface area contributed by atoms with Gasteiger partial charge in [-0.1, -0.05) is 43.7 Å². The summed E-state index contributed by atoms with van der Waals surface area (Å²) in [5.41, 5.74) is 7.62. The molecule has 156 valence electrons. The third-order valence-electron chi connectivity index (χ3n) is 5.78. The monoisotopic (exact) mass is 419 g/mol. The molecule has 0 saturated heterocycles. The second kappa shape index (κ2) is 10.1. The van der Waals surface area contributed by atoms with Crippen molar-refractivity contribution in [2.24, 2.45) is 11.1 Å². The Kier molecular flexibility index (Phi) is 9.76. The predicted molar refractivity (Wildman–Crippen MR) is 116 cm³/mol. The SMILES string of the molecule is CCOC1CC(N)(C(=O)NCC(c2ccc(C)cc2)N(C)C)C1(C)C.Cl.Cl. The molecule has 0 spiro atoms. The molecular formula is C20H35Cl2N3O2. The van der Waals surface area contributed by atoms with E-state index in [1.165, 1.54) is 11.1 Å². The molecule has 3 atom stereocenters. The Morgan fingerprint density at radius 1 is 1.30 bits per heavy atom. The van der Waals surface area contributed by atoms with E-state index >= 15 is 0 Å². The van der Waals surface area contributed by atoms with Gasteiger partial charge >= 0.3 is 0 Å². The summed E-state index contributed by atoms with van der Waals surface area (Å²) in [6, 6.07) is 8.53. The predicted octanol–water partition coefficient (Wildman–Crippen LogP) is 3.09. The van der Waals surface area contributed by atoms with Crippen LogP contribution in [0, 0.1) is 12.3 Å². The number of halogens is 2. The van der Waals surface area contributed by atoms with Gasteiger partial charge in [0.05, 0.1) is 12.1 Å². The van der Waals surface area contributed by atoms with Crippen LogP contribution in [0.15, 0.2) is 24.3 Å². The van der Waals surface area contributed by atoms with Gasteiger partial charge in [0, 0.05) is 25.0 Å². The number of aryl methyl sites for hydroxylation is 1. The van der Waals surface area contributed by atoms with E-state index in [1.54, 1.807) is 0 Å². The van der Waals surface area contributed by atoms with Crippen LogP contribution in [-0.2, 0) is 9.53 Å². The summed E-state index contributed by atoms with van der Waals surface area (Å²) >= 11 is 0. The number of ether oxygens (including phenoxy) is 1. The third kappa shape index (κ3) is 5.15. The Balaban J connectivity index is 0.00000338. The van der Waals surface area contributed by atoms with Gasteiger partial charge < -0.3 is 20.7 Å². The quantitative estimate of drug-likeness (QED) is 0.712. The van der Waals surface area contributed by atoms with E-state index in [2.05, 4.69) is 41.4 Å². The molecule has 1 amide bonds. The van der Waals surface area contributed by atoms with Gasteiger partial charge in [0.1, 0.15) is 5.54 Å². The highest BCUT2D eigenvalue weighted by atomic mass is 35.5. The van der Waals surface area contributed by atoms with Gasteiger partial charge in [-0.3, -0.25) is 4.79 Å². The van der Waals surface area contributed by atoms with Crippen LogP contribution in [0.4, 0.5) is 0 Å². The van der Waals surface area contributed by atoms with Crippen molar-refractivity contribution in [2.45, 2.75) is 51.8 Å². The molecule has 1 aromatic carbocycles. The number of carbonyl (C=O) groups is 1. The fourth-order valence-electron chi connectivity index (χ4n) is 3.55. The number of hydrogen-bond acceptors (Lipinski definition) is 4. The number of likely N-dealkylation sites (N-methyl/N-ethyl adjacent to an activating group) is 1. The molecule has 5 nitrogen and oxygen atoms in total. The number of hydrogen-bond donors (Lipinski definition) is 2. The molecule has 1 fully saturated rings. The average molecular weight is 420 g/mol. The van der Waals surface area contributed by atoms with Crippen molar-refractivity contribution in [3.63, 3.8) is 0 Å². The van der Waals surface area contributed by atoms with Crippen LogP contribution in [0.5, 0.6) is 0 Å². The maximum absolute atomic E-state index is 12.8. The number of rotatable bonds is 7. The van der Waals surface area contributed by atoms with E-state index in [9.17, 15) is 4.79 Å². The van der Waals surface area contributed by atoms with Crippen molar-refractivity contribution >= 4 is 30.7 Å². The van der Waals surface area contributed by atoms with Crippen LogP contribution in [0.2, 0.25) is 0 Å². The molecule has 0 aromatic heterocycles. The van der Waals surface area contributed by atoms with Crippen LogP contribution >= 0.6 is 24.8 Å². The van der Waals surface area contributed by atoms with E-state index in [0.717, 1.165) is 0 Å². The molecule has 0 aliphatic heterocycles. The summed E-state index contributed by atoms with van der Waals surface area (Å²) in [7, 11) is 4.04. The van der Waals surface area contributed by atoms with E-state index in [1.807, 2.05) is 34.9 Å². The molecule has 0 bridgehead atoms. The number of benzene rings is 1. The number of nitrogens with zero attached hydrogens (tertiary/aromatic N) is 1. The molecule has 1 aliphatic carbocycles. The zero-order valence-corrected chi connectivity index (χ0v) is 18.9. The Hall–Kier alpha value is -0.850.